The first-order chi connectivity index (χ1) is 17.6. The molecule has 4 amide bonds. The van der Waals surface area contributed by atoms with Crippen molar-refractivity contribution in [3.05, 3.63) is 23.8 Å². The lowest BCUT2D eigenvalue weighted by atomic mass is 10.1. The van der Waals surface area contributed by atoms with Gasteiger partial charge in [0.25, 0.3) is 5.91 Å². The number of hydrogen-bond acceptors (Lipinski definition) is 9. The number of nitrogens with zero attached hydrogens (tertiary/aromatic N) is 1. The van der Waals surface area contributed by atoms with E-state index in [1.807, 2.05) is 20.8 Å². The Kier molecular flexibility index (Phi) is 12.3. The van der Waals surface area contributed by atoms with Crippen LogP contribution < -0.4 is 20.3 Å². The molecule has 1 heterocycles. The number of carbonyl (C=O) groups excluding carboxylic acids is 4. The van der Waals surface area contributed by atoms with Crippen LogP contribution in [0.1, 0.15) is 44.0 Å². The van der Waals surface area contributed by atoms with Gasteiger partial charge in [0, 0.05) is 25.1 Å². The van der Waals surface area contributed by atoms with Crippen LogP contribution in [-0.4, -0.2) is 89.3 Å². The fourth-order valence-electron chi connectivity index (χ4n) is 3.26. The molecule has 206 valence electrons. The molecular formula is C25H37N3O9. The third-order valence-electron chi connectivity index (χ3n) is 4.93. The van der Waals surface area contributed by atoms with Gasteiger partial charge in [0.15, 0.2) is 0 Å². The third-order valence-corrected chi connectivity index (χ3v) is 4.93. The standard InChI is InChI=1S/C25H37N3O9/c1-25(2,3)37-22(30)8-11-34-13-15-36-16-14-35-12-9-26-23(31)18-5-6-20(33-4)19(17-18)28-10-7-21(29)27-24(28)32/h5-6,17H,7-16H2,1-4H3,(H,26,31)(H,27,29,32). The molecule has 37 heavy (non-hydrogen) atoms. The Labute approximate surface area is 216 Å². The molecule has 0 atom stereocenters. The minimum Gasteiger partial charge on any atom is -0.495 e. The molecule has 1 aliphatic heterocycles. The van der Waals surface area contributed by atoms with Crippen molar-refractivity contribution in [2.45, 2.75) is 39.2 Å². The molecule has 0 aliphatic carbocycles. The van der Waals surface area contributed by atoms with E-state index in [0.717, 1.165) is 0 Å². The topological polar surface area (TPSA) is 142 Å². The molecule has 0 radical (unpaired) electrons. The molecule has 1 aromatic carbocycles. The summed E-state index contributed by atoms with van der Waals surface area (Å²) in [6.45, 7) is 7.94. The van der Waals surface area contributed by atoms with E-state index in [9.17, 15) is 19.2 Å². The molecule has 0 bridgehead atoms. The third kappa shape index (κ3) is 11.1. The smallest absolute Gasteiger partial charge is 0.328 e. The Morgan fingerprint density at radius 2 is 1.65 bits per heavy atom. The van der Waals surface area contributed by atoms with Gasteiger partial charge < -0.3 is 29.0 Å². The summed E-state index contributed by atoms with van der Waals surface area (Å²) in [6, 6.07) is 4.18. The van der Waals surface area contributed by atoms with Gasteiger partial charge in [-0.15, -0.1) is 0 Å². The van der Waals surface area contributed by atoms with Gasteiger partial charge in [0.05, 0.1) is 58.9 Å². The van der Waals surface area contributed by atoms with Crippen LogP contribution in [0.15, 0.2) is 18.2 Å². The highest BCUT2D eigenvalue weighted by molar-refractivity contribution is 6.07. The summed E-state index contributed by atoms with van der Waals surface area (Å²) in [5, 5.41) is 5.01. The largest absolute Gasteiger partial charge is 0.495 e. The lowest BCUT2D eigenvalue weighted by Crippen LogP contribution is -2.49. The van der Waals surface area contributed by atoms with Crippen molar-refractivity contribution in [3.63, 3.8) is 0 Å². The molecule has 2 rings (SSSR count). The highest BCUT2D eigenvalue weighted by Crippen LogP contribution is 2.30. The summed E-state index contributed by atoms with van der Waals surface area (Å²) < 4.78 is 26.7. The Balaban J connectivity index is 1.58. The molecule has 12 heteroatoms. The Bertz CT molecular complexity index is 930. The van der Waals surface area contributed by atoms with E-state index in [1.165, 1.54) is 12.0 Å². The first-order valence-corrected chi connectivity index (χ1v) is 12.1. The number of methoxy groups -OCH3 is 1. The summed E-state index contributed by atoms with van der Waals surface area (Å²) in [5.74, 6) is -0.560. The quantitative estimate of drug-likeness (QED) is 0.259. The van der Waals surface area contributed by atoms with Gasteiger partial charge in [-0.25, -0.2) is 4.79 Å². The van der Waals surface area contributed by atoms with Crippen molar-refractivity contribution in [2.24, 2.45) is 0 Å². The van der Waals surface area contributed by atoms with Crippen LogP contribution in [0.2, 0.25) is 0 Å². The number of benzene rings is 1. The van der Waals surface area contributed by atoms with Gasteiger partial charge in [-0.3, -0.25) is 24.6 Å². The molecular weight excluding hydrogens is 486 g/mol. The van der Waals surface area contributed by atoms with E-state index < -0.39 is 11.6 Å². The minimum atomic E-state index is -0.560. The predicted molar refractivity (Wildman–Crippen MR) is 134 cm³/mol. The van der Waals surface area contributed by atoms with Crippen LogP contribution in [-0.2, 0) is 28.5 Å². The number of urea groups is 1. The van der Waals surface area contributed by atoms with Gasteiger partial charge in [-0.2, -0.15) is 0 Å². The highest BCUT2D eigenvalue weighted by atomic mass is 16.6. The average molecular weight is 524 g/mol. The number of anilines is 1. The fourth-order valence-corrected chi connectivity index (χ4v) is 3.26. The predicted octanol–water partition coefficient (Wildman–Crippen LogP) is 1.65. The summed E-state index contributed by atoms with van der Waals surface area (Å²) in [4.78, 5) is 49.1. The maximum atomic E-state index is 12.5. The van der Waals surface area contributed by atoms with Crippen molar-refractivity contribution in [1.29, 1.82) is 0 Å². The zero-order valence-electron chi connectivity index (χ0n) is 21.9. The molecule has 0 saturated carbocycles. The zero-order valence-corrected chi connectivity index (χ0v) is 21.9. The van der Waals surface area contributed by atoms with E-state index in [4.69, 9.17) is 23.7 Å². The van der Waals surface area contributed by atoms with Crippen molar-refractivity contribution >= 4 is 29.5 Å². The van der Waals surface area contributed by atoms with Gasteiger partial charge in [0.1, 0.15) is 11.4 Å². The molecule has 2 N–H and O–H groups in total. The SMILES string of the molecule is COc1ccc(C(=O)NCCOCCOCCOCCC(=O)OC(C)(C)C)cc1N1CCC(=O)NC1=O. The molecule has 1 saturated heterocycles. The lowest BCUT2D eigenvalue weighted by Gasteiger charge is -2.28. The summed E-state index contributed by atoms with van der Waals surface area (Å²) in [7, 11) is 1.46. The number of ether oxygens (including phenoxy) is 5. The van der Waals surface area contributed by atoms with Crippen LogP contribution in [0.5, 0.6) is 5.75 Å². The molecule has 0 aromatic heterocycles. The first-order valence-electron chi connectivity index (χ1n) is 12.1. The molecule has 1 aromatic rings. The molecule has 12 nitrogen and oxygen atoms in total. The Morgan fingerprint density at radius 1 is 1.00 bits per heavy atom. The van der Waals surface area contributed by atoms with Gasteiger partial charge >= 0.3 is 12.0 Å². The number of rotatable bonds is 15. The normalized spacial score (nSPS) is 13.8. The molecule has 1 fully saturated rings. The van der Waals surface area contributed by atoms with Gasteiger partial charge in [-0.1, -0.05) is 0 Å². The molecule has 1 aliphatic rings. The van der Waals surface area contributed by atoms with Gasteiger partial charge in [-0.05, 0) is 39.0 Å². The van der Waals surface area contributed by atoms with Crippen molar-refractivity contribution in [3.8, 4) is 5.75 Å². The van der Waals surface area contributed by atoms with E-state index in [2.05, 4.69) is 10.6 Å². The number of hydrogen-bond donors (Lipinski definition) is 2. The maximum Gasteiger partial charge on any atom is 0.328 e. The number of carbonyl (C=O) groups is 4. The van der Waals surface area contributed by atoms with Crippen molar-refractivity contribution < 1.29 is 42.9 Å². The number of nitrogens with one attached hydrogen (secondary N) is 2. The first kappa shape index (κ1) is 30.0. The van der Waals surface area contributed by atoms with Crippen molar-refractivity contribution in [2.75, 3.05) is 64.7 Å². The second-order valence-electron chi connectivity index (χ2n) is 9.07. The van der Waals surface area contributed by atoms with Crippen LogP contribution in [0.3, 0.4) is 0 Å². The van der Waals surface area contributed by atoms with Gasteiger partial charge in [0.2, 0.25) is 5.91 Å². The van der Waals surface area contributed by atoms with Crippen LogP contribution >= 0.6 is 0 Å². The number of esters is 1. The number of amides is 4. The van der Waals surface area contributed by atoms with E-state index in [0.29, 0.717) is 50.0 Å². The van der Waals surface area contributed by atoms with Crippen LogP contribution in [0, 0.1) is 0 Å². The second-order valence-corrected chi connectivity index (χ2v) is 9.07. The zero-order chi connectivity index (χ0) is 27.3. The molecule has 0 spiro atoms. The van der Waals surface area contributed by atoms with E-state index in [1.54, 1.807) is 18.2 Å². The lowest BCUT2D eigenvalue weighted by molar-refractivity contribution is -0.156. The highest BCUT2D eigenvalue weighted by Gasteiger charge is 2.27. The fraction of sp³-hybridized carbons (Fsp3) is 0.600. The average Bonchev–Trinajstić information content (AvgIpc) is 2.83. The van der Waals surface area contributed by atoms with E-state index in [-0.39, 0.29) is 50.3 Å². The molecule has 0 unspecified atom stereocenters. The summed E-state index contributed by atoms with van der Waals surface area (Å²) in [5.41, 5.74) is 0.246. The Hall–Kier alpha value is -3.22. The van der Waals surface area contributed by atoms with Crippen LogP contribution in [0.25, 0.3) is 0 Å². The summed E-state index contributed by atoms with van der Waals surface area (Å²) >= 11 is 0. The monoisotopic (exact) mass is 523 g/mol. The minimum absolute atomic E-state index is 0.160. The van der Waals surface area contributed by atoms with Crippen LogP contribution in [0.4, 0.5) is 10.5 Å². The summed E-state index contributed by atoms with van der Waals surface area (Å²) in [6.07, 6.45) is 0.353. The Morgan fingerprint density at radius 3 is 2.27 bits per heavy atom. The van der Waals surface area contributed by atoms with E-state index >= 15 is 0 Å². The maximum absolute atomic E-state index is 12.5. The van der Waals surface area contributed by atoms with Crippen molar-refractivity contribution in [1.82, 2.24) is 10.6 Å². The number of imide groups is 1. The second kappa shape index (κ2) is 15.1.